The molecule has 0 unspecified atom stereocenters. The van der Waals surface area contributed by atoms with Gasteiger partial charge >= 0.3 is 6.03 Å². The van der Waals surface area contributed by atoms with Crippen molar-refractivity contribution in [2.45, 2.75) is 6.42 Å². The molecule has 1 saturated heterocycles. The molecule has 4 heteroatoms. The first-order chi connectivity index (χ1) is 6.50. The summed E-state index contributed by atoms with van der Waals surface area (Å²) in [5.41, 5.74) is 0. The van der Waals surface area contributed by atoms with E-state index in [-0.39, 0.29) is 6.03 Å². The molecule has 0 saturated carbocycles. The second kappa shape index (κ2) is 4.64. The lowest BCUT2D eigenvalue weighted by molar-refractivity contribution is 0.0933. The standard InChI is InChI=1S/C10H21N3O/c1-11(2)6-5-9-7-13(8-9)10(14)12(3)4/h9H,5-8H2,1-4H3. The van der Waals surface area contributed by atoms with Crippen molar-refractivity contribution in [2.24, 2.45) is 5.92 Å². The molecule has 0 aromatic heterocycles. The van der Waals surface area contributed by atoms with Crippen LogP contribution in [0.5, 0.6) is 0 Å². The van der Waals surface area contributed by atoms with Crippen molar-refractivity contribution in [2.75, 3.05) is 47.8 Å². The van der Waals surface area contributed by atoms with Crippen LogP contribution in [0, 0.1) is 5.92 Å². The maximum Gasteiger partial charge on any atom is 0.319 e. The largest absolute Gasteiger partial charge is 0.331 e. The number of carbonyl (C=O) groups is 1. The van der Waals surface area contributed by atoms with E-state index in [2.05, 4.69) is 19.0 Å². The smallest absolute Gasteiger partial charge is 0.319 e. The molecule has 1 aliphatic heterocycles. The van der Waals surface area contributed by atoms with E-state index < -0.39 is 0 Å². The van der Waals surface area contributed by atoms with Gasteiger partial charge in [-0.2, -0.15) is 0 Å². The molecule has 0 N–H and O–H groups in total. The van der Waals surface area contributed by atoms with E-state index in [1.807, 2.05) is 4.90 Å². The number of nitrogens with zero attached hydrogens (tertiary/aromatic N) is 3. The maximum absolute atomic E-state index is 11.5. The van der Waals surface area contributed by atoms with E-state index in [0.717, 1.165) is 19.6 Å². The minimum atomic E-state index is 0.145. The monoisotopic (exact) mass is 199 g/mol. The van der Waals surface area contributed by atoms with Gasteiger partial charge in [-0.15, -0.1) is 0 Å². The van der Waals surface area contributed by atoms with Gasteiger partial charge in [-0.1, -0.05) is 0 Å². The zero-order chi connectivity index (χ0) is 10.7. The van der Waals surface area contributed by atoms with Crippen LogP contribution in [0.15, 0.2) is 0 Å². The summed E-state index contributed by atoms with van der Waals surface area (Å²) >= 11 is 0. The quantitative estimate of drug-likeness (QED) is 0.663. The molecule has 1 fully saturated rings. The number of hydrogen-bond acceptors (Lipinski definition) is 2. The maximum atomic E-state index is 11.5. The highest BCUT2D eigenvalue weighted by Crippen LogP contribution is 2.19. The van der Waals surface area contributed by atoms with E-state index >= 15 is 0 Å². The Balaban J connectivity index is 2.14. The van der Waals surface area contributed by atoms with Crippen LogP contribution < -0.4 is 0 Å². The molecule has 0 atom stereocenters. The first-order valence-electron chi connectivity index (χ1n) is 5.11. The third-order valence-corrected chi connectivity index (χ3v) is 2.59. The summed E-state index contributed by atoms with van der Waals surface area (Å²) in [6.07, 6.45) is 1.20. The van der Waals surface area contributed by atoms with Gasteiger partial charge in [0.25, 0.3) is 0 Å². The van der Waals surface area contributed by atoms with Crippen LogP contribution in [0.25, 0.3) is 0 Å². The Morgan fingerprint density at radius 1 is 1.29 bits per heavy atom. The molecule has 2 amide bonds. The van der Waals surface area contributed by atoms with E-state index in [1.165, 1.54) is 6.42 Å². The zero-order valence-electron chi connectivity index (χ0n) is 9.66. The molecule has 0 aromatic rings. The molecule has 0 aromatic carbocycles. The second-order valence-electron chi connectivity index (χ2n) is 4.54. The van der Waals surface area contributed by atoms with E-state index in [1.54, 1.807) is 19.0 Å². The van der Waals surface area contributed by atoms with Crippen LogP contribution in [0.4, 0.5) is 4.79 Å². The lowest BCUT2D eigenvalue weighted by Gasteiger charge is -2.41. The minimum absolute atomic E-state index is 0.145. The average molecular weight is 199 g/mol. The summed E-state index contributed by atoms with van der Waals surface area (Å²) in [6.45, 7) is 2.99. The Morgan fingerprint density at radius 3 is 2.29 bits per heavy atom. The van der Waals surface area contributed by atoms with Gasteiger partial charge in [-0.05, 0) is 33.0 Å². The van der Waals surface area contributed by atoms with Gasteiger partial charge in [0.05, 0.1) is 0 Å². The molecule has 0 spiro atoms. The van der Waals surface area contributed by atoms with Crippen molar-refractivity contribution in [3.8, 4) is 0 Å². The Morgan fingerprint density at radius 2 is 1.86 bits per heavy atom. The fraction of sp³-hybridized carbons (Fsp3) is 0.900. The first kappa shape index (κ1) is 11.3. The lowest BCUT2D eigenvalue weighted by atomic mass is 9.96. The first-order valence-corrected chi connectivity index (χ1v) is 5.11. The molecule has 0 radical (unpaired) electrons. The highest BCUT2D eigenvalue weighted by Gasteiger charge is 2.30. The summed E-state index contributed by atoms with van der Waals surface area (Å²) < 4.78 is 0. The van der Waals surface area contributed by atoms with Crippen molar-refractivity contribution in [3.63, 3.8) is 0 Å². The van der Waals surface area contributed by atoms with E-state index in [0.29, 0.717) is 5.92 Å². The third-order valence-electron chi connectivity index (χ3n) is 2.59. The van der Waals surface area contributed by atoms with Gasteiger partial charge in [-0.25, -0.2) is 4.79 Å². The van der Waals surface area contributed by atoms with Gasteiger partial charge in [0.15, 0.2) is 0 Å². The van der Waals surface area contributed by atoms with Crippen molar-refractivity contribution in [1.29, 1.82) is 0 Å². The number of carbonyl (C=O) groups excluding carboxylic acids is 1. The third kappa shape index (κ3) is 2.87. The average Bonchev–Trinajstić information content (AvgIpc) is 2.00. The Bertz CT molecular complexity index is 198. The van der Waals surface area contributed by atoms with Crippen LogP contribution >= 0.6 is 0 Å². The van der Waals surface area contributed by atoms with Crippen LogP contribution in [-0.2, 0) is 0 Å². The molecule has 4 nitrogen and oxygen atoms in total. The Labute approximate surface area is 86.5 Å². The summed E-state index contributed by atoms with van der Waals surface area (Å²) in [5, 5.41) is 0. The minimum Gasteiger partial charge on any atom is -0.331 e. The van der Waals surface area contributed by atoms with E-state index in [9.17, 15) is 4.79 Å². The fourth-order valence-corrected chi connectivity index (χ4v) is 1.63. The second-order valence-corrected chi connectivity index (χ2v) is 4.54. The predicted octanol–water partition coefficient (Wildman–Crippen LogP) is 0.552. The highest BCUT2D eigenvalue weighted by molar-refractivity contribution is 5.74. The summed E-state index contributed by atoms with van der Waals surface area (Å²) in [5.74, 6) is 0.710. The van der Waals surface area contributed by atoms with Gasteiger partial charge in [-0.3, -0.25) is 0 Å². The summed E-state index contributed by atoms with van der Waals surface area (Å²) in [4.78, 5) is 17.2. The van der Waals surface area contributed by atoms with Crippen molar-refractivity contribution < 1.29 is 4.79 Å². The van der Waals surface area contributed by atoms with Gasteiger partial charge < -0.3 is 14.7 Å². The number of urea groups is 1. The molecular weight excluding hydrogens is 178 g/mol. The molecule has 1 heterocycles. The van der Waals surface area contributed by atoms with Crippen molar-refractivity contribution in [3.05, 3.63) is 0 Å². The molecular formula is C10H21N3O. The molecule has 14 heavy (non-hydrogen) atoms. The van der Waals surface area contributed by atoms with Gasteiger partial charge in [0.2, 0.25) is 0 Å². The zero-order valence-corrected chi connectivity index (χ0v) is 9.66. The summed E-state index contributed by atoms with van der Waals surface area (Å²) in [7, 11) is 7.77. The van der Waals surface area contributed by atoms with E-state index in [4.69, 9.17) is 0 Å². The fourth-order valence-electron chi connectivity index (χ4n) is 1.63. The van der Waals surface area contributed by atoms with Crippen molar-refractivity contribution in [1.82, 2.24) is 14.7 Å². The van der Waals surface area contributed by atoms with Crippen LogP contribution in [0.2, 0.25) is 0 Å². The van der Waals surface area contributed by atoms with Crippen molar-refractivity contribution >= 4 is 6.03 Å². The van der Waals surface area contributed by atoms with Crippen LogP contribution in [0.3, 0.4) is 0 Å². The SMILES string of the molecule is CN(C)CCC1CN(C(=O)N(C)C)C1. The number of rotatable bonds is 3. The molecule has 1 rings (SSSR count). The highest BCUT2D eigenvalue weighted by atomic mass is 16.2. The summed E-state index contributed by atoms with van der Waals surface area (Å²) in [6, 6.07) is 0.145. The Kier molecular flexibility index (Phi) is 3.75. The number of amides is 2. The predicted molar refractivity (Wildman–Crippen MR) is 57.3 cm³/mol. The topological polar surface area (TPSA) is 26.8 Å². The van der Waals surface area contributed by atoms with Gasteiger partial charge in [0.1, 0.15) is 0 Å². The normalized spacial score (nSPS) is 17.1. The molecule has 0 aliphatic carbocycles. The van der Waals surface area contributed by atoms with Gasteiger partial charge in [0, 0.05) is 27.2 Å². The Hall–Kier alpha value is -0.770. The number of hydrogen-bond donors (Lipinski definition) is 0. The lowest BCUT2D eigenvalue weighted by Crippen LogP contribution is -2.53. The number of likely N-dealkylation sites (tertiary alicyclic amines) is 1. The molecule has 0 bridgehead atoms. The molecule has 1 aliphatic rings. The van der Waals surface area contributed by atoms with Crippen LogP contribution in [0.1, 0.15) is 6.42 Å². The molecule has 82 valence electrons. The van der Waals surface area contributed by atoms with Crippen LogP contribution in [-0.4, -0.2) is 68.6 Å².